The van der Waals surface area contributed by atoms with E-state index in [0.29, 0.717) is 0 Å². The minimum Gasteiger partial charge on any atom is -0.479 e. The van der Waals surface area contributed by atoms with E-state index < -0.39 is 18.6 Å². The molecule has 0 saturated heterocycles. The Hall–Kier alpha value is -1.83. The molecule has 0 fully saturated rings. The first kappa shape index (κ1) is 13.2. The highest BCUT2D eigenvalue weighted by atomic mass is 16.7. The number of nitrogens with one attached hydrogen (secondary N) is 2. The first-order valence-electron chi connectivity index (χ1n) is 4.02. The standard InChI is InChI=1S/C7H13N3O5/c1-8-5(11)3-10(2)7(14)9-15-4-6(12)13/h3-4H2,1-2H3,(H,8,11)(H,9,14)(H,12,13). The van der Waals surface area contributed by atoms with Gasteiger partial charge < -0.3 is 15.3 Å². The van der Waals surface area contributed by atoms with Crippen LogP contribution >= 0.6 is 0 Å². The van der Waals surface area contributed by atoms with E-state index in [1.165, 1.54) is 14.1 Å². The Kier molecular flexibility index (Phi) is 5.79. The number of carboxylic acids is 1. The van der Waals surface area contributed by atoms with Gasteiger partial charge in [0.2, 0.25) is 5.91 Å². The number of aliphatic carboxylic acids is 1. The number of carboxylic acid groups (broad SMARTS) is 1. The molecule has 0 spiro atoms. The van der Waals surface area contributed by atoms with Crippen molar-refractivity contribution in [3.8, 4) is 0 Å². The van der Waals surface area contributed by atoms with Crippen molar-refractivity contribution in [3.05, 3.63) is 0 Å². The third-order valence-corrected chi connectivity index (χ3v) is 1.36. The van der Waals surface area contributed by atoms with Gasteiger partial charge in [-0.05, 0) is 0 Å². The molecule has 0 aliphatic rings. The van der Waals surface area contributed by atoms with Crippen LogP contribution in [0.1, 0.15) is 0 Å². The molecule has 0 aromatic rings. The SMILES string of the molecule is CNC(=O)CN(C)C(=O)NOCC(=O)O. The summed E-state index contributed by atoms with van der Waals surface area (Å²) < 4.78 is 0. The number of urea groups is 1. The molecule has 0 aromatic heterocycles. The summed E-state index contributed by atoms with van der Waals surface area (Å²) in [5.41, 5.74) is 1.87. The van der Waals surface area contributed by atoms with Gasteiger partial charge in [-0.25, -0.2) is 15.1 Å². The van der Waals surface area contributed by atoms with Crippen LogP contribution in [0.5, 0.6) is 0 Å². The molecule has 0 radical (unpaired) electrons. The molecular weight excluding hydrogens is 206 g/mol. The molecule has 0 aromatic carbocycles. The third kappa shape index (κ3) is 6.27. The zero-order valence-electron chi connectivity index (χ0n) is 8.44. The zero-order chi connectivity index (χ0) is 11.8. The highest BCUT2D eigenvalue weighted by Gasteiger charge is 2.11. The molecule has 86 valence electrons. The Balaban J connectivity index is 3.79. The zero-order valence-corrected chi connectivity index (χ0v) is 8.44. The second-order valence-corrected chi connectivity index (χ2v) is 2.62. The van der Waals surface area contributed by atoms with Crippen LogP contribution in [0.15, 0.2) is 0 Å². The minimum absolute atomic E-state index is 0.140. The van der Waals surface area contributed by atoms with E-state index in [-0.39, 0.29) is 12.5 Å². The van der Waals surface area contributed by atoms with Crippen LogP contribution in [0.2, 0.25) is 0 Å². The Morgan fingerprint density at radius 2 is 2.00 bits per heavy atom. The summed E-state index contributed by atoms with van der Waals surface area (Å²) in [5, 5.41) is 10.5. The maximum absolute atomic E-state index is 11.1. The number of hydrogen-bond donors (Lipinski definition) is 3. The third-order valence-electron chi connectivity index (χ3n) is 1.36. The fraction of sp³-hybridized carbons (Fsp3) is 0.571. The maximum atomic E-state index is 11.1. The minimum atomic E-state index is -1.20. The second-order valence-electron chi connectivity index (χ2n) is 2.62. The molecule has 0 atom stereocenters. The first-order chi connectivity index (χ1) is 6.97. The quantitative estimate of drug-likeness (QED) is 0.482. The van der Waals surface area contributed by atoms with E-state index in [1.54, 1.807) is 0 Å². The van der Waals surface area contributed by atoms with Gasteiger partial charge in [0.25, 0.3) is 0 Å². The van der Waals surface area contributed by atoms with E-state index in [1.807, 2.05) is 5.48 Å². The topological polar surface area (TPSA) is 108 Å². The van der Waals surface area contributed by atoms with E-state index in [0.717, 1.165) is 4.90 Å². The Labute approximate surface area is 86.1 Å². The average Bonchev–Trinajstić information content (AvgIpc) is 2.16. The van der Waals surface area contributed by atoms with Gasteiger partial charge in [0.1, 0.15) is 6.54 Å². The van der Waals surface area contributed by atoms with E-state index in [2.05, 4.69) is 10.2 Å². The maximum Gasteiger partial charge on any atom is 0.341 e. The largest absolute Gasteiger partial charge is 0.479 e. The molecule has 0 aliphatic carbocycles. The van der Waals surface area contributed by atoms with Gasteiger partial charge in [-0.1, -0.05) is 0 Å². The lowest BCUT2D eigenvalue weighted by molar-refractivity contribution is -0.144. The molecule has 3 N–H and O–H groups in total. The number of carbonyl (C=O) groups excluding carboxylic acids is 2. The lowest BCUT2D eigenvalue weighted by Crippen LogP contribution is -2.43. The molecule has 0 rings (SSSR count). The first-order valence-corrected chi connectivity index (χ1v) is 4.02. The van der Waals surface area contributed by atoms with Crippen LogP contribution in [-0.4, -0.2) is 55.2 Å². The normalized spacial score (nSPS) is 9.20. The molecule has 3 amide bonds. The Morgan fingerprint density at radius 1 is 1.40 bits per heavy atom. The lowest BCUT2D eigenvalue weighted by Gasteiger charge is -2.15. The highest BCUT2D eigenvalue weighted by molar-refractivity contribution is 5.83. The molecule has 0 saturated carbocycles. The molecule has 0 bridgehead atoms. The molecule has 0 heterocycles. The fourth-order valence-corrected chi connectivity index (χ4v) is 0.604. The molecule has 8 nitrogen and oxygen atoms in total. The molecular formula is C7H13N3O5. The van der Waals surface area contributed by atoms with Crippen LogP contribution in [0.25, 0.3) is 0 Å². The van der Waals surface area contributed by atoms with Crippen LogP contribution in [0.4, 0.5) is 4.79 Å². The highest BCUT2D eigenvalue weighted by Crippen LogP contribution is 1.84. The number of amides is 3. The predicted octanol–water partition coefficient (Wildman–Crippen LogP) is -1.61. The van der Waals surface area contributed by atoms with Gasteiger partial charge in [-0.15, -0.1) is 0 Å². The summed E-state index contributed by atoms with van der Waals surface area (Å²) in [7, 11) is 2.81. The smallest absolute Gasteiger partial charge is 0.341 e. The average molecular weight is 219 g/mol. The lowest BCUT2D eigenvalue weighted by atomic mass is 10.5. The van der Waals surface area contributed by atoms with Crippen molar-refractivity contribution in [3.63, 3.8) is 0 Å². The molecule has 15 heavy (non-hydrogen) atoms. The summed E-state index contributed by atoms with van der Waals surface area (Å²) >= 11 is 0. The van der Waals surface area contributed by atoms with Gasteiger partial charge in [0.15, 0.2) is 6.61 Å². The van der Waals surface area contributed by atoms with Crippen molar-refractivity contribution in [2.45, 2.75) is 0 Å². The van der Waals surface area contributed by atoms with Crippen molar-refractivity contribution in [1.82, 2.24) is 15.7 Å². The number of carbonyl (C=O) groups is 3. The number of likely N-dealkylation sites (N-methyl/N-ethyl adjacent to an activating group) is 2. The van der Waals surface area contributed by atoms with Gasteiger partial charge in [-0.2, -0.15) is 0 Å². The summed E-state index contributed by atoms with van der Waals surface area (Å²) in [5.74, 6) is -1.55. The van der Waals surface area contributed by atoms with E-state index in [4.69, 9.17) is 5.11 Å². The summed E-state index contributed by atoms with van der Waals surface area (Å²) in [6.45, 7) is -0.779. The van der Waals surface area contributed by atoms with Crippen molar-refractivity contribution in [1.29, 1.82) is 0 Å². The van der Waals surface area contributed by atoms with Crippen LogP contribution in [0.3, 0.4) is 0 Å². The van der Waals surface area contributed by atoms with Gasteiger partial charge in [0.05, 0.1) is 0 Å². The van der Waals surface area contributed by atoms with Gasteiger partial charge >= 0.3 is 12.0 Å². The summed E-state index contributed by atoms with van der Waals surface area (Å²) in [6, 6.07) is -0.695. The molecule has 0 unspecified atom stereocenters. The van der Waals surface area contributed by atoms with Crippen molar-refractivity contribution in [2.24, 2.45) is 0 Å². The fourth-order valence-electron chi connectivity index (χ4n) is 0.604. The Morgan fingerprint density at radius 3 is 2.47 bits per heavy atom. The summed E-state index contributed by atoms with van der Waals surface area (Å²) in [6.07, 6.45) is 0. The summed E-state index contributed by atoms with van der Waals surface area (Å²) in [4.78, 5) is 37.3. The van der Waals surface area contributed by atoms with E-state index >= 15 is 0 Å². The van der Waals surface area contributed by atoms with Crippen molar-refractivity contribution < 1.29 is 24.3 Å². The second kappa shape index (κ2) is 6.60. The number of nitrogens with zero attached hydrogens (tertiary/aromatic N) is 1. The molecule has 8 heteroatoms. The van der Waals surface area contributed by atoms with Gasteiger partial charge in [-0.3, -0.25) is 9.63 Å². The number of hydrogen-bond acceptors (Lipinski definition) is 4. The van der Waals surface area contributed by atoms with Crippen molar-refractivity contribution in [2.75, 3.05) is 27.2 Å². The number of rotatable bonds is 5. The predicted molar refractivity (Wildman–Crippen MR) is 48.8 cm³/mol. The molecule has 0 aliphatic heterocycles. The van der Waals surface area contributed by atoms with Crippen LogP contribution in [0, 0.1) is 0 Å². The van der Waals surface area contributed by atoms with Crippen LogP contribution in [-0.2, 0) is 14.4 Å². The van der Waals surface area contributed by atoms with E-state index in [9.17, 15) is 14.4 Å². The van der Waals surface area contributed by atoms with Gasteiger partial charge in [0, 0.05) is 14.1 Å². The van der Waals surface area contributed by atoms with Crippen LogP contribution < -0.4 is 10.8 Å². The Bertz CT molecular complexity index is 255. The number of hydroxylamine groups is 1. The monoisotopic (exact) mass is 219 g/mol. The van der Waals surface area contributed by atoms with Crippen molar-refractivity contribution >= 4 is 17.9 Å².